The number of fused-ring (bicyclic) bond motifs is 1. The molecule has 4 N–H and O–H groups in total. The maximum atomic E-state index is 12.8. The molecular formula is C26H27N5O2. The van der Waals surface area contributed by atoms with Gasteiger partial charge in [-0.3, -0.25) is 14.6 Å². The van der Waals surface area contributed by atoms with Gasteiger partial charge in [-0.2, -0.15) is 0 Å². The van der Waals surface area contributed by atoms with E-state index < -0.39 is 0 Å². The van der Waals surface area contributed by atoms with Crippen molar-refractivity contribution in [2.24, 2.45) is 5.73 Å². The van der Waals surface area contributed by atoms with Crippen LogP contribution in [0.3, 0.4) is 0 Å². The maximum Gasteiger partial charge on any atom is 0.253 e. The number of rotatable bonds is 10. The van der Waals surface area contributed by atoms with Crippen LogP contribution >= 0.6 is 0 Å². The summed E-state index contributed by atoms with van der Waals surface area (Å²) in [7, 11) is 0. The number of benzene rings is 2. The van der Waals surface area contributed by atoms with Crippen LogP contribution in [0.2, 0.25) is 0 Å². The maximum absolute atomic E-state index is 12.8. The summed E-state index contributed by atoms with van der Waals surface area (Å²) in [5.41, 5.74) is 7.66. The van der Waals surface area contributed by atoms with Gasteiger partial charge in [-0.1, -0.05) is 49.2 Å². The summed E-state index contributed by atoms with van der Waals surface area (Å²) in [5.74, 6) is 0.210. The Hall–Kier alpha value is -4.00. The zero-order valence-electron chi connectivity index (χ0n) is 18.3. The standard InChI is InChI=1S/C26H27N5O2/c27-24(32)11-3-1-2-10-22(31-26(33)21-9-6-14-28-16-21)25-29-17-23(30-25)20-13-12-18-7-4-5-8-19(18)15-20/h4-9,12-17,22H,1-3,10-11H2,(H2,27,32)(H,29,30)(H,31,33). The third-order valence-corrected chi connectivity index (χ3v) is 5.63. The minimum atomic E-state index is -0.291. The van der Waals surface area contributed by atoms with E-state index in [0.29, 0.717) is 24.2 Å². The molecule has 0 aliphatic carbocycles. The Kier molecular flexibility index (Phi) is 7.09. The second kappa shape index (κ2) is 10.5. The Morgan fingerprint density at radius 1 is 0.970 bits per heavy atom. The number of nitrogens with zero attached hydrogens (tertiary/aromatic N) is 2. The fourth-order valence-electron chi connectivity index (χ4n) is 3.86. The molecule has 0 spiro atoms. The lowest BCUT2D eigenvalue weighted by molar-refractivity contribution is -0.118. The molecule has 0 aliphatic rings. The van der Waals surface area contributed by atoms with Crippen LogP contribution in [-0.4, -0.2) is 26.8 Å². The van der Waals surface area contributed by atoms with Gasteiger partial charge in [-0.05, 0) is 41.8 Å². The van der Waals surface area contributed by atoms with E-state index in [1.807, 2.05) is 12.1 Å². The van der Waals surface area contributed by atoms with Crippen molar-refractivity contribution in [1.29, 1.82) is 0 Å². The summed E-state index contributed by atoms with van der Waals surface area (Å²) in [4.78, 5) is 35.8. The van der Waals surface area contributed by atoms with E-state index in [-0.39, 0.29) is 17.9 Å². The molecule has 33 heavy (non-hydrogen) atoms. The van der Waals surface area contributed by atoms with Crippen molar-refractivity contribution in [1.82, 2.24) is 20.3 Å². The highest BCUT2D eigenvalue weighted by Gasteiger charge is 2.19. The molecule has 1 unspecified atom stereocenters. The molecule has 0 radical (unpaired) electrons. The zero-order chi connectivity index (χ0) is 23.0. The topological polar surface area (TPSA) is 114 Å². The highest BCUT2D eigenvalue weighted by atomic mass is 16.2. The van der Waals surface area contributed by atoms with Gasteiger partial charge < -0.3 is 16.0 Å². The largest absolute Gasteiger partial charge is 0.370 e. The average Bonchev–Trinajstić information content (AvgIpc) is 3.33. The summed E-state index contributed by atoms with van der Waals surface area (Å²) in [6.07, 6.45) is 8.46. The summed E-state index contributed by atoms with van der Waals surface area (Å²) >= 11 is 0. The number of nitrogens with one attached hydrogen (secondary N) is 2. The average molecular weight is 442 g/mol. The van der Waals surface area contributed by atoms with Gasteiger partial charge >= 0.3 is 0 Å². The van der Waals surface area contributed by atoms with Gasteiger partial charge in [0.15, 0.2) is 0 Å². The molecule has 2 amide bonds. The van der Waals surface area contributed by atoms with Crippen LogP contribution in [0.5, 0.6) is 0 Å². The molecule has 2 aromatic heterocycles. The number of hydrogen-bond acceptors (Lipinski definition) is 4. The highest BCUT2D eigenvalue weighted by Crippen LogP contribution is 2.26. The normalized spacial score (nSPS) is 11.9. The Labute approximate surface area is 192 Å². The van der Waals surface area contributed by atoms with E-state index in [4.69, 9.17) is 5.73 Å². The SMILES string of the molecule is NC(=O)CCCCCC(NC(=O)c1cccnc1)c1ncc(-c2ccc3ccccc3c2)[nH]1. The van der Waals surface area contributed by atoms with Crippen LogP contribution in [-0.2, 0) is 4.79 Å². The Bertz CT molecular complexity index is 1240. The molecule has 1 atom stereocenters. The highest BCUT2D eigenvalue weighted by molar-refractivity contribution is 5.94. The van der Waals surface area contributed by atoms with Crippen molar-refractivity contribution in [2.75, 3.05) is 0 Å². The summed E-state index contributed by atoms with van der Waals surface area (Å²) < 4.78 is 0. The number of imidazole rings is 1. The number of carbonyl (C=O) groups excluding carboxylic acids is 2. The number of unbranched alkanes of at least 4 members (excludes halogenated alkanes) is 2. The first kappa shape index (κ1) is 22.2. The molecule has 0 bridgehead atoms. The number of nitrogens with two attached hydrogens (primary N) is 1. The van der Waals surface area contributed by atoms with Crippen LogP contribution in [0.25, 0.3) is 22.0 Å². The zero-order valence-corrected chi connectivity index (χ0v) is 18.3. The third kappa shape index (κ3) is 5.83. The van der Waals surface area contributed by atoms with Gasteiger partial charge in [0, 0.05) is 24.4 Å². The lowest BCUT2D eigenvalue weighted by Crippen LogP contribution is -2.29. The number of hydrogen-bond donors (Lipinski definition) is 3. The van der Waals surface area contributed by atoms with Crippen molar-refractivity contribution in [3.8, 4) is 11.3 Å². The van der Waals surface area contributed by atoms with Crippen molar-refractivity contribution in [2.45, 2.75) is 38.1 Å². The van der Waals surface area contributed by atoms with E-state index in [9.17, 15) is 9.59 Å². The molecule has 2 heterocycles. The van der Waals surface area contributed by atoms with E-state index in [2.05, 4.69) is 50.6 Å². The number of pyridine rings is 1. The Morgan fingerprint density at radius 2 is 1.82 bits per heavy atom. The van der Waals surface area contributed by atoms with Gasteiger partial charge in [0.25, 0.3) is 5.91 Å². The van der Waals surface area contributed by atoms with Gasteiger partial charge in [-0.25, -0.2) is 4.98 Å². The van der Waals surface area contributed by atoms with Crippen LogP contribution in [0.15, 0.2) is 73.2 Å². The first-order valence-corrected chi connectivity index (χ1v) is 11.1. The Morgan fingerprint density at radius 3 is 2.61 bits per heavy atom. The summed E-state index contributed by atoms with van der Waals surface area (Å²) in [6, 6.07) is 17.7. The molecule has 7 heteroatoms. The van der Waals surface area contributed by atoms with E-state index in [0.717, 1.165) is 35.9 Å². The fraction of sp³-hybridized carbons (Fsp3) is 0.231. The lowest BCUT2D eigenvalue weighted by Gasteiger charge is -2.17. The predicted molar refractivity (Wildman–Crippen MR) is 128 cm³/mol. The smallest absolute Gasteiger partial charge is 0.253 e. The van der Waals surface area contributed by atoms with Crippen LogP contribution in [0.1, 0.15) is 54.3 Å². The molecule has 7 nitrogen and oxygen atoms in total. The van der Waals surface area contributed by atoms with Gasteiger partial charge in [0.2, 0.25) is 5.91 Å². The fourth-order valence-corrected chi connectivity index (χ4v) is 3.86. The molecule has 0 fully saturated rings. The van der Waals surface area contributed by atoms with Crippen LogP contribution in [0, 0.1) is 0 Å². The van der Waals surface area contributed by atoms with E-state index in [1.165, 1.54) is 5.39 Å². The van der Waals surface area contributed by atoms with Crippen molar-refractivity contribution in [3.63, 3.8) is 0 Å². The second-order valence-electron chi connectivity index (χ2n) is 8.08. The molecular weight excluding hydrogens is 414 g/mol. The first-order valence-electron chi connectivity index (χ1n) is 11.1. The molecule has 2 aromatic carbocycles. The third-order valence-electron chi connectivity index (χ3n) is 5.63. The molecule has 0 saturated heterocycles. The number of aromatic nitrogens is 3. The monoisotopic (exact) mass is 441 g/mol. The number of primary amides is 1. The minimum Gasteiger partial charge on any atom is -0.370 e. The first-order chi connectivity index (χ1) is 16.1. The van der Waals surface area contributed by atoms with Crippen molar-refractivity contribution >= 4 is 22.6 Å². The number of amides is 2. The predicted octanol–water partition coefficient (Wildman–Crippen LogP) is 4.53. The van der Waals surface area contributed by atoms with Gasteiger partial charge in [0.05, 0.1) is 23.5 Å². The van der Waals surface area contributed by atoms with Crippen molar-refractivity contribution < 1.29 is 9.59 Å². The lowest BCUT2D eigenvalue weighted by atomic mass is 10.1. The molecule has 4 rings (SSSR count). The van der Waals surface area contributed by atoms with Gasteiger partial charge in [-0.15, -0.1) is 0 Å². The number of H-pyrrole nitrogens is 1. The second-order valence-corrected chi connectivity index (χ2v) is 8.08. The molecule has 4 aromatic rings. The van der Waals surface area contributed by atoms with Crippen molar-refractivity contribution in [3.05, 3.63) is 84.6 Å². The summed E-state index contributed by atoms with van der Waals surface area (Å²) in [5, 5.41) is 5.41. The van der Waals surface area contributed by atoms with Crippen LogP contribution < -0.4 is 11.1 Å². The van der Waals surface area contributed by atoms with Gasteiger partial charge in [0.1, 0.15) is 5.82 Å². The van der Waals surface area contributed by atoms with Crippen LogP contribution in [0.4, 0.5) is 0 Å². The summed E-state index contributed by atoms with van der Waals surface area (Å²) in [6.45, 7) is 0. The molecule has 0 saturated carbocycles. The molecule has 0 aliphatic heterocycles. The Balaban J connectivity index is 1.51. The minimum absolute atomic E-state index is 0.200. The van der Waals surface area contributed by atoms with E-state index >= 15 is 0 Å². The number of carbonyl (C=O) groups is 2. The molecule has 168 valence electrons. The quantitative estimate of drug-likeness (QED) is 0.314. The number of aromatic amines is 1. The van der Waals surface area contributed by atoms with E-state index in [1.54, 1.807) is 30.7 Å².